The van der Waals surface area contributed by atoms with Crippen molar-refractivity contribution >= 4 is 23.1 Å². The van der Waals surface area contributed by atoms with Gasteiger partial charge in [0.25, 0.3) is 11.8 Å². The Hall–Kier alpha value is -4.26. The number of benzene rings is 3. The first kappa shape index (κ1) is 22.0. The number of nitrogens with one attached hydrogen (secondary N) is 1. The third-order valence-electron chi connectivity index (χ3n) is 5.42. The van der Waals surface area contributed by atoms with Gasteiger partial charge in [-0.05, 0) is 23.8 Å². The molecule has 7 heteroatoms. The standard InChI is InChI=1S/C26H24N2O5/c1-31-19-13-14-20(22(15-19)33-3)27-24-23(17-9-5-4-6-10-17)25(29)28(26(24)30)16-18-11-7-8-12-21(18)32-2/h4-15,27H,16H2,1-3H3. The Morgan fingerprint density at radius 1 is 0.758 bits per heavy atom. The Balaban J connectivity index is 1.76. The molecule has 0 spiro atoms. The second kappa shape index (κ2) is 9.48. The molecular weight excluding hydrogens is 420 g/mol. The number of imide groups is 1. The van der Waals surface area contributed by atoms with E-state index in [1.165, 1.54) is 12.0 Å². The average molecular weight is 444 g/mol. The van der Waals surface area contributed by atoms with Gasteiger partial charge < -0.3 is 19.5 Å². The van der Waals surface area contributed by atoms with Gasteiger partial charge in [0, 0.05) is 11.6 Å². The van der Waals surface area contributed by atoms with E-state index < -0.39 is 5.91 Å². The van der Waals surface area contributed by atoms with Gasteiger partial charge in [0.2, 0.25) is 0 Å². The van der Waals surface area contributed by atoms with Gasteiger partial charge in [-0.2, -0.15) is 0 Å². The summed E-state index contributed by atoms with van der Waals surface area (Å²) in [5.41, 5.74) is 2.41. The van der Waals surface area contributed by atoms with E-state index in [1.807, 2.05) is 36.4 Å². The van der Waals surface area contributed by atoms with E-state index in [2.05, 4.69) is 5.32 Å². The molecule has 0 atom stereocenters. The average Bonchev–Trinajstić information content (AvgIpc) is 3.09. The molecule has 0 aromatic heterocycles. The fraction of sp³-hybridized carbons (Fsp3) is 0.154. The first-order valence-electron chi connectivity index (χ1n) is 10.3. The van der Waals surface area contributed by atoms with Gasteiger partial charge in [-0.15, -0.1) is 0 Å². The van der Waals surface area contributed by atoms with Gasteiger partial charge in [-0.3, -0.25) is 14.5 Å². The van der Waals surface area contributed by atoms with Gasteiger partial charge in [0.15, 0.2) is 0 Å². The predicted molar refractivity (Wildman–Crippen MR) is 125 cm³/mol. The first-order chi connectivity index (χ1) is 16.1. The lowest BCUT2D eigenvalue weighted by Gasteiger charge is -2.17. The maximum atomic E-state index is 13.5. The van der Waals surface area contributed by atoms with Crippen molar-refractivity contribution in [2.45, 2.75) is 6.54 Å². The zero-order valence-electron chi connectivity index (χ0n) is 18.6. The summed E-state index contributed by atoms with van der Waals surface area (Å²) in [6, 6.07) is 21.6. The quantitative estimate of drug-likeness (QED) is 0.527. The topological polar surface area (TPSA) is 77.1 Å². The van der Waals surface area contributed by atoms with Crippen molar-refractivity contribution in [2.75, 3.05) is 26.6 Å². The molecule has 1 N–H and O–H groups in total. The molecule has 1 aliphatic heterocycles. The monoisotopic (exact) mass is 444 g/mol. The van der Waals surface area contributed by atoms with E-state index >= 15 is 0 Å². The number of ether oxygens (including phenoxy) is 3. The van der Waals surface area contributed by atoms with Crippen LogP contribution in [0.5, 0.6) is 17.2 Å². The Labute approximate surface area is 192 Å². The van der Waals surface area contributed by atoms with E-state index in [0.717, 1.165) is 5.56 Å². The number of methoxy groups -OCH3 is 3. The Bertz CT molecular complexity index is 1220. The van der Waals surface area contributed by atoms with Crippen LogP contribution in [0, 0.1) is 0 Å². The number of anilines is 1. The van der Waals surface area contributed by atoms with Crippen LogP contribution >= 0.6 is 0 Å². The van der Waals surface area contributed by atoms with E-state index in [-0.39, 0.29) is 18.1 Å². The van der Waals surface area contributed by atoms with Crippen molar-refractivity contribution in [3.8, 4) is 17.2 Å². The van der Waals surface area contributed by atoms with Crippen LogP contribution in [0.1, 0.15) is 11.1 Å². The highest BCUT2D eigenvalue weighted by molar-refractivity contribution is 6.36. The zero-order chi connectivity index (χ0) is 23.4. The van der Waals surface area contributed by atoms with Crippen LogP contribution < -0.4 is 19.5 Å². The van der Waals surface area contributed by atoms with Crippen LogP contribution in [0.15, 0.2) is 78.5 Å². The molecule has 0 unspecified atom stereocenters. The van der Waals surface area contributed by atoms with Crippen molar-refractivity contribution in [2.24, 2.45) is 0 Å². The molecule has 7 nitrogen and oxygen atoms in total. The third-order valence-corrected chi connectivity index (χ3v) is 5.42. The first-order valence-corrected chi connectivity index (χ1v) is 10.3. The van der Waals surface area contributed by atoms with Crippen LogP contribution in [-0.4, -0.2) is 38.0 Å². The van der Waals surface area contributed by atoms with E-state index in [4.69, 9.17) is 14.2 Å². The summed E-state index contributed by atoms with van der Waals surface area (Å²) in [7, 11) is 4.65. The number of rotatable bonds is 8. The van der Waals surface area contributed by atoms with Crippen molar-refractivity contribution in [1.29, 1.82) is 0 Å². The van der Waals surface area contributed by atoms with Gasteiger partial charge in [0.1, 0.15) is 22.9 Å². The summed E-state index contributed by atoms with van der Waals surface area (Å²) >= 11 is 0. The molecule has 168 valence electrons. The van der Waals surface area contributed by atoms with Gasteiger partial charge in [-0.1, -0.05) is 48.5 Å². The lowest BCUT2D eigenvalue weighted by molar-refractivity contribution is -0.137. The molecule has 2 amide bonds. The summed E-state index contributed by atoms with van der Waals surface area (Å²) in [6.07, 6.45) is 0. The fourth-order valence-electron chi connectivity index (χ4n) is 3.75. The Morgan fingerprint density at radius 3 is 2.15 bits per heavy atom. The van der Waals surface area contributed by atoms with Crippen LogP contribution in [0.25, 0.3) is 5.57 Å². The minimum Gasteiger partial charge on any atom is -0.497 e. The molecule has 0 bridgehead atoms. The van der Waals surface area contributed by atoms with Crippen molar-refractivity contribution in [1.82, 2.24) is 4.90 Å². The number of hydrogen-bond acceptors (Lipinski definition) is 6. The van der Waals surface area contributed by atoms with Gasteiger partial charge >= 0.3 is 0 Å². The third kappa shape index (κ3) is 4.25. The summed E-state index contributed by atoms with van der Waals surface area (Å²) in [5, 5.41) is 3.14. The van der Waals surface area contributed by atoms with Crippen LogP contribution in [0.4, 0.5) is 5.69 Å². The van der Waals surface area contributed by atoms with Crippen LogP contribution in [-0.2, 0) is 16.1 Å². The molecule has 0 aliphatic carbocycles. The molecule has 3 aromatic carbocycles. The van der Waals surface area contributed by atoms with E-state index in [1.54, 1.807) is 50.6 Å². The lowest BCUT2D eigenvalue weighted by atomic mass is 10.0. The maximum Gasteiger partial charge on any atom is 0.278 e. The second-order valence-corrected chi connectivity index (χ2v) is 7.32. The molecule has 33 heavy (non-hydrogen) atoms. The summed E-state index contributed by atoms with van der Waals surface area (Å²) < 4.78 is 16.1. The molecule has 3 aromatic rings. The van der Waals surface area contributed by atoms with Crippen LogP contribution in [0.3, 0.4) is 0 Å². The van der Waals surface area contributed by atoms with Crippen molar-refractivity contribution < 1.29 is 23.8 Å². The van der Waals surface area contributed by atoms with Gasteiger partial charge in [-0.25, -0.2) is 0 Å². The molecular formula is C26H24N2O5. The van der Waals surface area contributed by atoms with E-state index in [9.17, 15) is 9.59 Å². The largest absolute Gasteiger partial charge is 0.497 e. The Kier molecular flexibility index (Phi) is 6.31. The Morgan fingerprint density at radius 2 is 1.45 bits per heavy atom. The maximum absolute atomic E-state index is 13.5. The van der Waals surface area contributed by atoms with Crippen LogP contribution in [0.2, 0.25) is 0 Å². The normalized spacial score (nSPS) is 13.4. The molecule has 0 saturated heterocycles. The van der Waals surface area contributed by atoms with Crippen molar-refractivity contribution in [3.05, 3.63) is 89.6 Å². The fourth-order valence-corrected chi connectivity index (χ4v) is 3.75. The summed E-state index contributed by atoms with van der Waals surface area (Å²) in [4.78, 5) is 28.2. The number of carbonyl (C=O) groups excluding carboxylic acids is 2. The van der Waals surface area contributed by atoms with Crippen molar-refractivity contribution in [3.63, 3.8) is 0 Å². The zero-order valence-corrected chi connectivity index (χ0v) is 18.6. The minimum absolute atomic E-state index is 0.0863. The predicted octanol–water partition coefficient (Wildman–Crippen LogP) is 4.10. The minimum atomic E-state index is -0.428. The summed E-state index contributed by atoms with van der Waals surface area (Å²) in [5.74, 6) is 0.895. The molecule has 0 fully saturated rings. The van der Waals surface area contributed by atoms with E-state index in [0.29, 0.717) is 34.1 Å². The van der Waals surface area contributed by atoms with Gasteiger partial charge in [0.05, 0.1) is 39.1 Å². The molecule has 1 heterocycles. The molecule has 1 aliphatic rings. The highest BCUT2D eigenvalue weighted by Crippen LogP contribution is 2.36. The molecule has 0 radical (unpaired) electrons. The lowest BCUT2D eigenvalue weighted by Crippen LogP contribution is -2.32. The molecule has 0 saturated carbocycles. The molecule has 4 rings (SSSR count). The number of hydrogen-bond donors (Lipinski definition) is 1. The smallest absolute Gasteiger partial charge is 0.278 e. The number of para-hydroxylation sites is 1. The highest BCUT2D eigenvalue weighted by atomic mass is 16.5. The number of amides is 2. The highest BCUT2D eigenvalue weighted by Gasteiger charge is 2.39. The SMILES string of the molecule is COc1ccc(NC2=C(c3ccccc3)C(=O)N(Cc3ccccc3OC)C2=O)c(OC)c1. The number of nitrogens with zero attached hydrogens (tertiary/aromatic N) is 1. The number of carbonyl (C=O) groups is 2. The summed E-state index contributed by atoms with van der Waals surface area (Å²) in [6.45, 7) is 0.0863. The second-order valence-electron chi connectivity index (χ2n) is 7.32.